The molecule has 4 heteroatoms. The van der Waals surface area contributed by atoms with E-state index in [0.717, 1.165) is 35.0 Å². The molecule has 22 heavy (non-hydrogen) atoms. The Morgan fingerprint density at radius 3 is 2.77 bits per heavy atom. The maximum Gasteiger partial charge on any atom is 0.108 e. The predicted molar refractivity (Wildman–Crippen MR) is 96.5 cm³/mol. The first-order chi connectivity index (χ1) is 10.9. The first-order valence-corrected chi connectivity index (χ1v) is 9.76. The highest BCUT2D eigenvalue weighted by Crippen LogP contribution is 2.37. The van der Waals surface area contributed by atoms with Gasteiger partial charge in [0.2, 0.25) is 0 Å². The molecule has 0 atom stereocenters. The summed E-state index contributed by atoms with van der Waals surface area (Å²) < 4.78 is 0. The molecule has 2 aromatic rings. The maximum atomic E-state index is 9.50. The molecule has 1 aliphatic carbocycles. The predicted octanol–water partition coefficient (Wildman–Crippen LogP) is 5.19. The molecule has 0 saturated heterocycles. The van der Waals surface area contributed by atoms with Crippen LogP contribution >= 0.6 is 23.1 Å². The molecule has 0 saturated carbocycles. The van der Waals surface area contributed by atoms with Crippen LogP contribution in [0.2, 0.25) is 0 Å². The van der Waals surface area contributed by atoms with Crippen molar-refractivity contribution in [3.8, 4) is 6.07 Å². The minimum absolute atomic E-state index is 0.850. The zero-order chi connectivity index (χ0) is 15.2. The molecule has 1 aromatic heterocycles. The average molecular weight is 329 g/mol. The summed E-state index contributed by atoms with van der Waals surface area (Å²) in [6.45, 7) is 0. The number of hydrogen-bond donors (Lipinski definition) is 1. The Bertz CT molecular complexity index is 656. The third kappa shape index (κ3) is 3.66. The number of hydrogen-bond acceptors (Lipinski definition) is 4. The molecule has 0 fully saturated rings. The number of rotatable bonds is 5. The van der Waals surface area contributed by atoms with Crippen LogP contribution in [-0.4, -0.2) is 5.88 Å². The van der Waals surface area contributed by atoms with Gasteiger partial charge in [-0.25, -0.2) is 0 Å². The molecular formula is C18H20N2S2. The Morgan fingerprint density at radius 2 is 1.95 bits per heavy atom. The van der Waals surface area contributed by atoms with Crippen molar-refractivity contribution >= 4 is 28.1 Å². The summed E-state index contributed by atoms with van der Waals surface area (Å²) in [7, 11) is 0. The van der Waals surface area contributed by atoms with Crippen molar-refractivity contribution in [3.05, 3.63) is 51.9 Å². The van der Waals surface area contributed by atoms with E-state index < -0.39 is 0 Å². The smallest absolute Gasteiger partial charge is 0.108 e. The number of thioether (sulfide) groups is 1. The molecule has 114 valence electrons. The van der Waals surface area contributed by atoms with Crippen LogP contribution in [0.4, 0.5) is 5.00 Å². The van der Waals surface area contributed by atoms with Crippen LogP contribution in [0, 0.1) is 11.3 Å². The maximum absolute atomic E-state index is 9.50. The molecule has 0 amide bonds. The van der Waals surface area contributed by atoms with Crippen LogP contribution in [0.1, 0.15) is 40.8 Å². The van der Waals surface area contributed by atoms with Gasteiger partial charge < -0.3 is 5.32 Å². The topological polar surface area (TPSA) is 35.8 Å². The van der Waals surface area contributed by atoms with Crippen LogP contribution < -0.4 is 5.32 Å². The highest BCUT2D eigenvalue weighted by Gasteiger charge is 2.19. The van der Waals surface area contributed by atoms with Gasteiger partial charge in [0.05, 0.1) is 11.4 Å². The fraction of sp³-hybridized carbons (Fsp3) is 0.389. The van der Waals surface area contributed by atoms with Crippen molar-refractivity contribution in [1.29, 1.82) is 5.26 Å². The van der Waals surface area contributed by atoms with E-state index in [1.54, 1.807) is 11.3 Å². The Hall–Kier alpha value is -1.44. The highest BCUT2D eigenvalue weighted by molar-refractivity contribution is 7.98. The highest BCUT2D eigenvalue weighted by atomic mass is 32.2. The van der Waals surface area contributed by atoms with Gasteiger partial charge in [-0.15, -0.1) is 23.1 Å². The number of nitriles is 1. The van der Waals surface area contributed by atoms with Gasteiger partial charge in [-0.1, -0.05) is 36.8 Å². The van der Waals surface area contributed by atoms with E-state index in [-0.39, 0.29) is 0 Å². The van der Waals surface area contributed by atoms with Crippen molar-refractivity contribution in [2.24, 2.45) is 0 Å². The van der Waals surface area contributed by atoms with Crippen molar-refractivity contribution in [2.75, 3.05) is 11.2 Å². The lowest BCUT2D eigenvalue weighted by Gasteiger charge is -2.05. The first kappa shape index (κ1) is 15.5. The molecule has 3 rings (SSSR count). The van der Waals surface area contributed by atoms with Crippen LogP contribution in [0.5, 0.6) is 0 Å². The lowest BCUT2D eigenvalue weighted by molar-refractivity contribution is 0.712. The van der Waals surface area contributed by atoms with Crippen LogP contribution in [0.15, 0.2) is 30.3 Å². The Labute approximate surface area is 140 Å². The number of benzene rings is 1. The molecule has 0 spiro atoms. The molecule has 1 aromatic carbocycles. The van der Waals surface area contributed by atoms with Gasteiger partial charge in [-0.05, 0) is 36.8 Å². The SMILES string of the molecule is N#Cc1c(NCSCc2ccccc2)sc2c1CCCCC2. The zero-order valence-electron chi connectivity index (χ0n) is 12.6. The first-order valence-electron chi connectivity index (χ1n) is 7.78. The zero-order valence-corrected chi connectivity index (χ0v) is 14.2. The standard InChI is InChI=1S/C18H20N2S2/c19-11-16-15-9-5-2-6-10-17(15)22-18(16)20-13-21-12-14-7-3-1-4-8-14/h1,3-4,7-8,20H,2,5-6,9-10,12-13H2. The number of nitrogens with one attached hydrogen (secondary N) is 1. The monoisotopic (exact) mass is 328 g/mol. The largest absolute Gasteiger partial charge is 0.367 e. The number of fused-ring (bicyclic) bond motifs is 1. The summed E-state index contributed by atoms with van der Waals surface area (Å²) in [5, 5.41) is 14.0. The normalized spacial score (nSPS) is 14.0. The van der Waals surface area contributed by atoms with Crippen molar-refractivity contribution in [3.63, 3.8) is 0 Å². The molecule has 1 N–H and O–H groups in total. The van der Waals surface area contributed by atoms with Gasteiger partial charge in [0, 0.05) is 10.6 Å². The van der Waals surface area contributed by atoms with Gasteiger partial charge in [0.1, 0.15) is 11.1 Å². The molecule has 0 radical (unpaired) electrons. The summed E-state index contributed by atoms with van der Waals surface area (Å²) in [4.78, 5) is 1.43. The summed E-state index contributed by atoms with van der Waals surface area (Å²) in [6, 6.07) is 12.9. The third-order valence-electron chi connectivity index (χ3n) is 3.98. The lowest BCUT2D eigenvalue weighted by atomic mass is 10.1. The summed E-state index contributed by atoms with van der Waals surface area (Å²) in [5.74, 6) is 1.85. The van der Waals surface area contributed by atoms with Gasteiger partial charge in [-0.3, -0.25) is 0 Å². The van der Waals surface area contributed by atoms with Gasteiger partial charge >= 0.3 is 0 Å². The van der Waals surface area contributed by atoms with Crippen LogP contribution in [-0.2, 0) is 18.6 Å². The van der Waals surface area contributed by atoms with Crippen LogP contribution in [0.25, 0.3) is 0 Å². The fourth-order valence-electron chi connectivity index (χ4n) is 2.85. The van der Waals surface area contributed by atoms with E-state index in [2.05, 4.69) is 35.7 Å². The van der Waals surface area contributed by atoms with E-state index in [0.29, 0.717) is 0 Å². The molecule has 0 unspecified atom stereocenters. The van der Waals surface area contributed by atoms with E-state index >= 15 is 0 Å². The third-order valence-corrected chi connectivity index (χ3v) is 6.11. The summed E-state index contributed by atoms with van der Waals surface area (Å²) in [5.41, 5.74) is 3.57. The minimum Gasteiger partial charge on any atom is -0.367 e. The molecule has 0 aliphatic heterocycles. The van der Waals surface area contributed by atoms with Crippen molar-refractivity contribution < 1.29 is 0 Å². The molecular weight excluding hydrogens is 308 g/mol. The number of anilines is 1. The van der Waals surface area contributed by atoms with Crippen LogP contribution in [0.3, 0.4) is 0 Å². The van der Waals surface area contributed by atoms with E-state index in [1.807, 2.05) is 17.8 Å². The number of thiophene rings is 1. The lowest BCUT2D eigenvalue weighted by Crippen LogP contribution is -1.98. The molecule has 1 heterocycles. The number of aryl methyl sites for hydroxylation is 1. The van der Waals surface area contributed by atoms with Crippen molar-refractivity contribution in [2.45, 2.75) is 37.9 Å². The van der Waals surface area contributed by atoms with E-state index in [9.17, 15) is 5.26 Å². The Kier molecular flexibility index (Phi) is 5.42. The second-order valence-corrected chi connectivity index (χ2v) is 7.63. The van der Waals surface area contributed by atoms with E-state index in [4.69, 9.17) is 0 Å². The summed E-state index contributed by atoms with van der Waals surface area (Å²) in [6.07, 6.45) is 6.00. The van der Waals surface area contributed by atoms with E-state index in [1.165, 1.54) is 35.3 Å². The quantitative estimate of drug-likeness (QED) is 0.466. The number of nitrogens with zero attached hydrogens (tertiary/aromatic N) is 1. The Morgan fingerprint density at radius 1 is 1.14 bits per heavy atom. The molecule has 2 nitrogen and oxygen atoms in total. The van der Waals surface area contributed by atoms with Gasteiger partial charge in [0.25, 0.3) is 0 Å². The van der Waals surface area contributed by atoms with Gasteiger partial charge in [0.15, 0.2) is 0 Å². The second kappa shape index (κ2) is 7.71. The fourth-order valence-corrected chi connectivity index (χ4v) is 4.95. The summed E-state index contributed by atoms with van der Waals surface area (Å²) >= 11 is 3.66. The molecule has 1 aliphatic rings. The van der Waals surface area contributed by atoms with Gasteiger partial charge in [-0.2, -0.15) is 5.26 Å². The second-order valence-electron chi connectivity index (χ2n) is 5.54. The van der Waals surface area contributed by atoms with Crippen molar-refractivity contribution in [1.82, 2.24) is 0 Å². The minimum atomic E-state index is 0.850. The Balaban J connectivity index is 1.60. The average Bonchev–Trinajstić information content (AvgIpc) is 2.72. The molecule has 0 bridgehead atoms.